The van der Waals surface area contributed by atoms with Crippen LogP contribution in [0.2, 0.25) is 0 Å². The molecule has 6 nitrogen and oxygen atoms in total. The molecule has 0 spiro atoms. The highest BCUT2D eigenvalue weighted by atomic mass is 19.4. The van der Waals surface area contributed by atoms with Gasteiger partial charge in [-0.1, -0.05) is 0 Å². The van der Waals surface area contributed by atoms with Crippen LogP contribution in [0.1, 0.15) is 23.0 Å². The lowest BCUT2D eigenvalue weighted by Gasteiger charge is -2.14. The van der Waals surface area contributed by atoms with Crippen molar-refractivity contribution in [2.75, 3.05) is 10.6 Å². The molecule has 0 aliphatic carbocycles. The van der Waals surface area contributed by atoms with Crippen LogP contribution in [-0.4, -0.2) is 21.8 Å². The topological polar surface area (TPSA) is 84.0 Å². The maximum absolute atomic E-state index is 12.8. The van der Waals surface area contributed by atoms with Crippen LogP contribution in [0.3, 0.4) is 0 Å². The van der Waals surface area contributed by atoms with Crippen molar-refractivity contribution < 1.29 is 22.8 Å². The van der Waals surface area contributed by atoms with Crippen LogP contribution in [0.5, 0.6) is 0 Å². The summed E-state index contributed by atoms with van der Waals surface area (Å²) in [4.78, 5) is 30.6. The third-order valence-electron chi connectivity index (χ3n) is 2.70. The van der Waals surface area contributed by atoms with E-state index in [-0.39, 0.29) is 17.1 Å². The van der Waals surface area contributed by atoms with Gasteiger partial charge in [-0.05, 0) is 18.2 Å². The number of benzene rings is 1. The first-order valence-corrected chi connectivity index (χ1v) is 6.33. The first kappa shape index (κ1) is 16.4. The lowest BCUT2D eigenvalue weighted by Crippen LogP contribution is -2.17. The van der Waals surface area contributed by atoms with E-state index in [0.717, 1.165) is 18.2 Å². The molecule has 0 saturated carbocycles. The van der Waals surface area contributed by atoms with Gasteiger partial charge < -0.3 is 10.6 Å². The minimum absolute atomic E-state index is 0.0442. The number of alkyl halides is 3. The lowest BCUT2D eigenvalue weighted by atomic mass is 10.1. The van der Waals surface area contributed by atoms with Crippen molar-refractivity contribution in [1.82, 2.24) is 9.97 Å². The molecule has 2 rings (SSSR count). The van der Waals surface area contributed by atoms with E-state index in [1.54, 1.807) is 0 Å². The second-order valence-corrected chi connectivity index (χ2v) is 4.48. The molecular formula is C14H11F3N4O2. The molecule has 1 aromatic heterocycles. The summed E-state index contributed by atoms with van der Waals surface area (Å²) in [5.41, 5.74) is -1.17. The molecular weight excluding hydrogens is 313 g/mol. The zero-order chi connectivity index (χ0) is 17.0. The van der Waals surface area contributed by atoms with E-state index >= 15 is 0 Å². The molecule has 9 heteroatoms. The third-order valence-corrected chi connectivity index (χ3v) is 2.70. The Morgan fingerprint density at radius 3 is 2.39 bits per heavy atom. The molecule has 0 saturated heterocycles. The van der Waals surface area contributed by atoms with Crippen molar-refractivity contribution in [2.24, 2.45) is 0 Å². The molecule has 0 unspecified atom stereocenters. The second kappa shape index (κ2) is 6.42. The number of carbonyl (C=O) groups excluding carboxylic acids is 2. The van der Waals surface area contributed by atoms with Crippen LogP contribution in [0.25, 0.3) is 0 Å². The number of rotatable bonds is 3. The van der Waals surface area contributed by atoms with E-state index in [0.29, 0.717) is 0 Å². The van der Waals surface area contributed by atoms with Gasteiger partial charge in [-0.3, -0.25) is 14.6 Å². The van der Waals surface area contributed by atoms with Crippen LogP contribution in [0, 0.1) is 0 Å². The molecule has 2 amide bonds. The van der Waals surface area contributed by atoms with Crippen LogP contribution >= 0.6 is 0 Å². The Bertz CT molecular complexity index is 733. The van der Waals surface area contributed by atoms with Crippen molar-refractivity contribution in [2.45, 2.75) is 13.1 Å². The summed E-state index contributed by atoms with van der Waals surface area (Å²) >= 11 is 0. The molecule has 2 N–H and O–H groups in total. The van der Waals surface area contributed by atoms with E-state index in [4.69, 9.17) is 0 Å². The Kier molecular flexibility index (Phi) is 4.58. The number of nitrogens with one attached hydrogen (secondary N) is 2. The van der Waals surface area contributed by atoms with Crippen molar-refractivity contribution in [1.29, 1.82) is 0 Å². The predicted molar refractivity (Wildman–Crippen MR) is 75.7 cm³/mol. The molecule has 0 radical (unpaired) electrons. The first-order valence-electron chi connectivity index (χ1n) is 6.33. The molecule has 2 aromatic rings. The maximum atomic E-state index is 12.8. The number of aromatic nitrogens is 2. The molecule has 1 heterocycles. The molecule has 120 valence electrons. The zero-order valence-corrected chi connectivity index (χ0v) is 11.8. The monoisotopic (exact) mass is 324 g/mol. The van der Waals surface area contributed by atoms with Gasteiger partial charge in [0.05, 0.1) is 23.1 Å². The van der Waals surface area contributed by atoms with Crippen molar-refractivity contribution >= 4 is 23.2 Å². The quantitative estimate of drug-likeness (QED) is 0.909. The Hall–Kier alpha value is -2.97. The minimum Gasteiger partial charge on any atom is -0.325 e. The molecule has 0 atom stereocenters. The molecule has 1 aromatic carbocycles. The number of anilines is 2. The highest BCUT2D eigenvalue weighted by Gasteiger charge is 2.31. The van der Waals surface area contributed by atoms with Gasteiger partial charge in [0.15, 0.2) is 0 Å². The van der Waals surface area contributed by atoms with E-state index in [1.807, 2.05) is 0 Å². The van der Waals surface area contributed by atoms with Crippen LogP contribution in [-0.2, 0) is 11.0 Å². The third kappa shape index (κ3) is 4.25. The Labute approximate surface area is 128 Å². The normalized spacial score (nSPS) is 11.0. The summed E-state index contributed by atoms with van der Waals surface area (Å²) < 4.78 is 38.4. The summed E-state index contributed by atoms with van der Waals surface area (Å²) in [7, 11) is 0. The lowest BCUT2D eigenvalue weighted by molar-refractivity contribution is -0.137. The number of nitrogens with zero attached hydrogens (tertiary/aromatic N) is 2. The minimum atomic E-state index is -4.58. The molecule has 0 aliphatic rings. The van der Waals surface area contributed by atoms with E-state index in [9.17, 15) is 22.8 Å². The number of halogens is 3. The van der Waals surface area contributed by atoms with Crippen molar-refractivity contribution in [3.05, 3.63) is 48.0 Å². The smallest absolute Gasteiger partial charge is 0.325 e. The summed E-state index contributed by atoms with van der Waals surface area (Å²) in [5.74, 6) is -1.23. The van der Waals surface area contributed by atoms with Gasteiger partial charge in [0.2, 0.25) is 5.91 Å². The number of carbonyl (C=O) groups is 2. The fourth-order valence-corrected chi connectivity index (χ4v) is 1.73. The van der Waals surface area contributed by atoms with Gasteiger partial charge in [-0.2, -0.15) is 13.2 Å². The highest BCUT2D eigenvalue weighted by molar-refractivity contribution is 6.06. The summed E-state index contributed by atoms with van der Waals surface area (Å²) in [6.45, 7) is 1.20. The average Bonchev–Trinajstić information content (AvgIpc) is 2.48. The predicted octanol–water partition coefficient (Wildman–Crippen LogP) is 2.71. The number of hydrogen-bond donors (Lipinski definition) is 2. The van der Waals surface area contributed by atoms with Gasteiger partial charge in [0.25, 0.3) is 5.91 Å². The standard InChI is InChI=1S/C14H11F3N4O2/c1-8(22)20-10-3-2-9(14(15,16)17)6-11(10)21-13(23)12-7-18-4-5-19-12/h2-7H,1H3,(H,20,22)(H,21,23). The summed E-state index contributed by atoms with van der Waals surface area (Å²) in [5, 5.41) is 4.64. The Morgan fingerprint density at radius 2 is 1.83 bits per heavy atom. The zero-order valence-electron chi connectivity index (χ0n) is 11.8. The van der Waals surface area contributed by atoms with Crippen molar-refractivity contribution in [3.8, 4) is 0 Å². The van der Waals surface area contributed by atoms with E-state index in [1.165, 1.54) is 25.5 Å². The van der Waals surface area contributed by atoms with Gasteiger partial charge in [0.1, 0.15) is 5.69 Å². The Balaban J connectivity index is 2.37. The maximum Gasteiger partial charge on any atom is 0.416 e. The number of hydrogen-bond acceptors (Lipinski definition) is 4. The van der Waals surface area contributed by atoms with Crippen molar-refractivity contribution in [3.63, 3.8) is 0 Å². The summed E-state index contributed by atoms with van der Waals surface area (Å²) in [6, 6.07) is 2.61. The van der Waals surface area contributed by atoms with E-state index in [2.05, 4.69) is 20.6 Å². The molecule has 0 fully saturated rings. The van der Waals surface area contributed by atoms with Crippen LogP contribution < -0.4 is 10.6 Å². The summed E-state index contributed by atoms with van der Waals surface area (Å²) in [6.07, 6.45) is -0.790. The van der Waals surface area contributed by atoms with Gasteiger partial charge in [-0.15, -0.1) is 0 Å². The SMILES string of the molecule is CC(=O)Nc1ccc(C(F)(F)F)cc1NC(=O)c1cnccn1. The van der Waals surface area contributed by atoms with Gasteiger partial charge >= 0.3 is 6.18 Å². The average molecular weight is 324 g/mol. The van der Waals surface area contributed by atoms with Crippen LogP contribution in [0.15, 0.2) is 36.8 Å². The Morgan fingerprint density at radius 1 is 1.09 bits per heavy atom. The van der Waals surface area contributed by atoms with E-state index < -0.39 is 23.6 Å². The fourth-order valence-electron chi connectivity index (χ4n) is 1.73. The number of amides is 2. The van der Waals surface area contributed by atoms with Gasteiger partial charge in [-0.25, -0.2) is 4.98 Å². The second-order valence-electron chi connectivity index (χ2n) is 4.48. The molecule has 23 heavy (non-hydrogen) atoms. The fraction of sp³-hybridized carbons (Fsp3) is 0.143. The van der Waals surface area contributed by atoms with Crippen LogP contribution in [0.4, 0.5) is 24.5 Å². The molecule has 0 aliphatic heterocycles. The highest BCUT2D eigenvalue weighted by Crippen LogP contribution is 2.34. The molecule has 0 bridgehead atoms. The largest absolute Gasteiger partial charge is 0.416 e. The first-order chi connectivity index (χ1) is 10.8. The van der Waals surface area contributed by atoms with Gasteiger partial charge in [0, 0.05) is 19.3 Å².